The van der Waals surface area contributed by atoms with E-state index in [1.165, 1.54) is 7.11 Å². The van der Waals surface area contributed by atoms with Gasteiger partial charge in [-0.15, -0.1) is 0 Å². The number of H-pyrrole nitrogens is 1. The Kier molecular flexibility index (Phi) is 6.27. The van der Waals surface area contributed by atoms with Crippen molar-refractivity contribution < 1.29 is 14.3 Å². The van der Waals surface area contributed by atoms with Gasteiger partial charge in [0, 0.05) is 23.4 Å². The van der Waals surface area contributed by atoms with Gasteiger partial charge in [-0.1, -0.05) is 54.6 Å². The molecule has 168 valence electrons. The number of nitrogens with one attached hydrogen (secondary N) is 1. The van der Waals surface area contributed by atoms with E-state index in [0.29, 0.717) is 5.88 Å². The maximum absolute atomic E-state index is 11.8. The lowest BCUT2D eigenvalue weighted by Crippen LogP contribution is -2.32. The van der Waals surface area contributed by atoms with E-state index in [2.05, 4.69) is 39.2 Å². The van der Waals surface area contributed by atoms with Crippen LogP contribution in [0.2, 0.25) is 0 Å². The zero-order chi connectivity index (χ0) is 23.4. The van der Waals surface area contributed by atoms with Gasteiger partial charge in [0.15, 0.2) is 0 Å². The van der Waals surface area contributed by atoms with Crippen LogP contribution in [0.3, 0.4) is 0 Å². The number of hydrogen-bond donors (Lipinski definition) is 1. The molecule has 2 aromatic heterocycles. The molecular formula is C27H27N3O3. The third-order valence-corrected chi connectivity index (χ3v) is 5.53. The molecule has 0 atom stereocenters. The molecule has 0 aliphatic carbocycles. The Balaban J connectivity index is 1.48. The standard InChI is InChI=1S/C27H27N3O3/c1-18-14-24(33-17-27(2,3)26(31)32-4)28-15-22(18)19-10-12-21(13-11-19)25-29-16-23(30-25)20-8-6-5-7-9-20/h5-16H,17H2,1-4H3,(H,29,30). The van der Waals surface area contributed by atoms with E-state index in [1.807, 2.05) is 49.5 Å². The van der Waals surface area contributed by atoms with E-state index in [9.17, 15) is 4.79 Å². The Bertz CT molecular complexity index is 1250. The van der Waals surface area contributed by atoms with Crippen molar-refractivity contribution in [2.45, 2.75) is 20.8 Å². The molecule has 33 heavy (non-hydrogen) atoms. The van der Waals surface area contributed by atoms with E-state index in [-0.39, 0.29) is 12.6 Å². The van der Waals surface area contributed by atoms with Crippen molar-refractivity contribution in [2.24, 2.45) is 5.41 Å². The smallest absolute Gasteiger partial charge is 0.314 e. The third kappa shape index (κ3) is 4.95. The first-order valence-electron chi connectivity index (χ1n) is 10.8. The second-order valence-corrected chi connectivity index (χ2v) is 8.59. The first-order valence-corrected chi connectivity index (χ1v) is 10.8. The van der Waals surface area contributed by atoms with Crippen molar-refractivity contribution in [2.75, 3.05) is 13.7 Å². The van der Waals surface area contributed by atoms with Crippen LogP contribution in [0.5, 0.6) is 5.88 Å². The number of ether oxygens (including phenoxy) is 2. The fraction of sp³-hybridized carbons (Fsp3) is 0.222. The molecule has 2 aromatic carbocycles. The van der Waals surface area contributed by atoms with Gasteiger partial charge >= 0.3 is 5.97 Å². The topological polar surface area (TPSA) is 77.1 Å². The zero-order valence-electron chi connectivity index (χ0n) is 19.3. The highest BCUT2D eigenvalue weighted by Gasteiger charge is 2.30. The van der Waals surface area contributed by atoms with Gasteiger partial charge in [-0.25, -0.2) is 9.97 Å². The highest BCUT2D eigenvalue weighted by molar-refractivity contribution is 5.76. The molecule has 2 heterocycles. The van der Waals surface area contributed by atoms with Crippen LogP contribution in [-0.2, 0) is 9.53 Å². The highest BCUT2D eigenvalue weighted by Crippen LogP contribution is 2.29. The van der Waals surface area contributed by atoms with Crippen molar-refractivity contribution in [3.63, 3.8) is 0 Å². The van der Waals surface area contributed by atoms with Gasteiger partial charge in [-0.3, -0.25) is 4.79 Å². The summed E-state index contributed by atoms with van der Waals surface area (Å²) in [6.07, 6.45) is 3.65. The average molecular weight is 442 g/mol. The number of rotatable bonds is 7. The molecule has 1 N–H and O–H groups in total. The summed E-state index contributed by atoms with van der Waals surface area (Å²) in [5, 5.41) is 0. The lowest BCUT2D eigenvalue weighted by atomic mass is 9.95. The van der Waals surface area contributed by atoms with Gasteiger partial charge in [0.1, 0.15) is 12.4 Å². The fourth-order valence-corrected chi connectivity index (χ4v) is 3.54. The third-order valence-electron chi connectivity index (χ3n) is 5.53. The molecule has 0 unspecified atom stereocenters. The average Bonchev–Trinajstić information content (AvgIpc) is 3.33. The molecule has 0 aliphatic rings. The molecule has 0 saturated heterocycles. The summed E-state index contributed by atoms with van der Waals surface area (Å²) < 4.78 is 10.6. The molecule has 0 saturated carbocycles. The summed E-state index contributed by atoms with van der Waals surface area (Å²) in [6, 6.07) is 20.2. The Labute approximate surface area is 193 Å². The number of benzene rings is 2. The molecule has 0 bridgehead atoms. The first kappa shape index (κ1) is 22.3. The zero-order valence-corrected chi connectivity index (χ0v) is 19.3. The highest BCUT2D eigenvalue weighted by atomic mass is 16.5. The van der Waals surface area contributed by atoms with Crippen LogP contribution in [-0.4, -0.2) is 34.6 Å². The quantitative estimate of drug-likeness (QED) is 0.373. The number of aromatic amines is 1. The molecule has 4 aromatic rings. The molecule has 0 spiro atoms. The van der Waals surface area contributed by atoms with Crippen LogP contribution < -0.4 is 4.74 Å². The maximum Gasteiger partial charge on any atom is 0.314 e. The van der Waals surface area contributed by atoms with E-state index < -0.39 is 5.41 Å². The van der Waals surface area contributed by atoms with Gasteiger partial charge in [0.05, 0.1) is 24.4 Å². The molecule has 4 rings (SSSR count). The monoisotopic (exact) mass is 441 g/mol. The Morgan fingerprint density at radius 2 is 1.64 bits per heavy atom. The fourth-order valence-electron chi connectivity index (χ4n) is 3.54. The number of hydrogen-bond acceptors (Lipinski definition) is 5. The van der Waals surface area contributed by atoms with Crippen LogP contribution in [0, 0.1) is 12.3 Å². The minimum atomic E-state index is -0.745. The van der Waals surface area contributed by atoms with Crippen molar-refractivity contribution in [1.29, 1.82) is 0 Å². The second kappa shape index (κ2) is 9.28. The predicted molar refractivity (Wildman–Crippen MR) is 129 cm³/mol. The number of pyridine rings is 1. The largest absolute Gasteiger partial charge is 0.476 e. The van der Waals surface area contributed by atoms with Crippen LogP contribution in [0.4, 0.5) is 0 Å². The van der Waals surface area contributed by atoms with Crippen molar-refractivity contribution >= 4 is 5.97 Å². The molecule has 0 fully saturated rings. The van der Waals surface area contributed by atoms with Crippen LogP contribution >= 0.6 is 0 Å². The summed E-state index contributed by atoms with van der Waals surface area (Å²) in [5.41, 5.74) is 5.47. The summed E-state index contributed by atoms with van der Waals surface area (Å²) in [6.45, 7) is 5.77. The minimum absolute atomic E-state index is 0.189. The Morgan fingerprint density at radius 3 is 2.30 bits per heavy atom. The van der Waals surface area contributed by atoms with Crippen molar-refractivity contribution in [1.82, 2.24) is 15.0 Å². The van der Waals surface area contributed by atoms with Crippen LogP contribution in [0.1, 0.15) is 19.4 Å². The predicted octanol–water partition coefficient (Wildman–Crippen LogP) is 5.69. The van der Waals surface area contributed by atoms with Crippen LogP contribution in [0.25, 0.3) is 33.8 Å². The van der Waals surface area contributed by atoms with E-state index >= 15 is 0 Å². The van der Waals surface area contributed by atoms with Crippen LogP contribution in [0.15, 0.2) is 73.1 Å². The number of carbonyl (C=O) groups excluding carboxylic acids is 1. The van der Waals surface area contributed by atoms with Gasteiger partial charge in [0.2, 0.25) is 5.88 Å². The number of carbonyl (C=O) groups is 1. The molecule has 0 aliphatic heterocycles. The lowest BCUT2D eigenvalue weighted by molar-refractivity contribution is -0.152. The van der Waals surface area contributed by atoms with E-state index in [4.69, 9.17) is 9.47 Å². The maximum atomic E-state index is 11.8. The molecule has 0 amide bonds. The second-order valence-electron chi connectivity index (χ2n) is 8.59. The number of imidazole rings is 1. The molecular weight excluding hydrogens is 414 g/mol. The Hall–Kier alpha value is -3.93. The normalized spacial score (nSPS) is 11.3. The molecule has 6 heteroatoms. The first-order chi connectivity index (χ1) is 15.9. The summed E-state index contributed by atoms with van der Waals surface area (Å²) in [4.78, 5) is 24.2. The summed E-state index contributed by atoms with van der Waals surface area (Å²) in [7, 11) is 1.38. The van der Waals surface area contributed by atoms with Gasteiger partial charge in [0.25, 0.3) is 0 Å². The number of methoxy groups -OCH3 is 1. The number of aryl methyl sites for hydroxylation is 1. The Morgan fingerprint density at radius 1 is 0.939 bits per heavy atom. The molecule has 0 radical (unpaired) electrons. The van der Waals surface area contributed by atoms with E-state index in [0.717, 1.165) is 39.3 Å². The van der Waals surface area contributed by atoms with Gasteiger partial charge in [-0.2, -0.15) is 0 Å². The van der Waals surface area contributed by atoms with Gasteiger partial charge < -0.3 is 14.5 Å². The van der Waals surface area contributed by atoms with Crippen molar-refractivity contribution in [3.05, 3.63) is 78.6 Å². The van der Waals surface area contributed by atoms with Crippen molar-refractivity contribution in [3.8, 4) is 39.7 Å². The summed E-state index contributed by atoms with van der Waals surface area (Å²) in [5.74, 6) is 0.990. The number of nitrogens with zero attached hydrogens (tertiary/aromatic N) is 2. The minimum Gasteiger partial charge on any atom is -0.476 e. The number of esters is 1. The lowest BCUT2D eigenvalue weighted by Gasteiger charge is -2.21. The van der Waals surface area contributed by atoms with E-state index in [1.54, 1.807) is 20.0 Å². The molecule has 6 nitrogen and oxygen atoms in total. The number of aromatic nitrogens is 3. The summed E-state index contributed by atoms with van der Waals surface area (Å²) >= 11 is 0. The SMILES string of the molecule is COC(=O)C(C)(C)COc1cc(C)c(-c2ccc(-c3ncc(-c4ccccc4)[nH]3)cc2)cn1. The van der Waals surface area contributed by atoms with Gasteiger partial charge in [-0.05, 0) is 37.5 Å².